The van der Waals surface area contributed by atoms with Crippen molar-refractivity contribution in [3.63, 3.8) is 0 Å². The number of piperidine rings is 3. The molecule has 3 fully saturated rings. The second-order valence-corrected chi connectivity index (χ2v) is 12.3. The number of carbonyl (C=O) groups excluding carboxylic acids is 5. The van der Waals surface area contributed by atoms with E-state index in [0.29, 0.717) is 24.7 Å². The Kier molecular flexibility index (Phi) is 8.94. The molecule has 12 nitrogen and oxygen atoms in total. The quantitative estimate of drug-likeness (QED) is 0.312. The lowest BCUT2D eigenvalue weighted by molar-refractivity contribution is -0.136. The molecule has 12 heteroatoms. The van der Waals surface area contributed by atoms with Gasteiger partial charge in [0.05, 0.1) is 29.1 Å². The van der Waals surface area contributed by atoms with Crippen LogP contribution in [0.2, 0.25) is 0 Å². The minimum atomic E-state index is -0.973. The number of anilines is 2. The van der Waals surface area contributed by atoms with E-state index in [2.05, 4.69) is 31.5 Å². The number of carbonyl (C=O) groups is 5. The minimum absolute atomic E-state index is 0.0898. The lowest BCUT2D eigenvalue weighted by atomic mass is 10.0. The third-order valence-electron chi connectivity index (χ3n) is 9.34. The van der Waals surface area contributed by atoms with Crippen molar-refractivity contribution in [2.75, 3.05) is 42.9 Å². The van der Waals surface area contributed by atoms with Gasteiger partial charge in [-0.15, -0.1) is 0 Å². The maximum absolute atomic E-state index is 13.0. The van der Waals surface area contributed by atoms with Gasteiger partial charge in [0.2, 0.25) is 17.7 Å². The van der Waals surface area contributed by atoms with Crippen LogP contribution in [0.5, 0.6) is 0 Å². The predicted octanol–water partition coefficient (Wildman–Crippen LogP) is 3.11. The average Bonchev–Trinajstić information content (AvgIpc) is 3.63. The van der Waals surface area contributed by atoms with Gasteiger partial charge in [0.15, 0.2) is 0 Å². The van der Waals surface area contributed by atoms with Crippen molar-refractivity contribution < 1.29 is 24.0 Å². The molecule has 44 heavy (non-hydrogen) atoms. The van der Waals surface area contributed by atoms with Gasteiger partial charge < -0.3 is 15.1 Å². The number of fused-ring (bicyclic) bond motifs is 1. The van der Waals surface area contributed by atoms with Crippen LogP contribution < -0.4 is 15.5 Å². The lowest BCUT2D eigenvalue weighted by Gasteiger charge is -2.32. The number of unbranched alkanes of at least 4 members (excludes halogenated alkanes) is 2. The zero-order valence-corrected chi connectivity index (χ0v) is 25.1. The summed E-state index contributed by atoms with van der Waals surface area (Å²) in [6, 6.07) is 4.37. The molecular weight excluding hydrogens is 562 g/mol. The Labute approximate surface area is 257 Å². The van der Waals surface area contributed by atoms with Gasteiger partial charge in [0.25, 0.3) is 11.8 Å². The number of hydrogen-bond acceptors (Lipinski definition) is 8. The number of imide groups is 2. The second-order valence-electron chi connectivity index (χ2n) is 12.3. The summed E-state index contributed by atoms with van der Waals surface area (Å²) in [5, 5.41) is 10.2. The first-order valence-corrected chi connectivity index (χ1v) is 16.1. The molecule has 2 aromatic rings. The van der Waals surface area contributed by atoms with E-state index >= 15 is 0 Å². The van der Waals surface area contributed by atoms with Gasteiger partial charge in [-0.25, -0.2) is 0 Å². The monoisotopic (exact) mass is 603 g/mol. The molecule has 3 saturated heterocycles. The SMILES string of the molecule is O=C1CCC(N2C(=O)c3ccc(NCCCCCC(=O)N4CCC(n5cc(N6CCCCC6)cn5)CC4)cc3C2=O)C(=O)N1. The number of rotatable bonds is 10. The smallest absolute Gasteiger partial charge is 0.262 e. The largest absolute Gasteiger partial charge is 0.385 e. The highest BCUT2D eigenvalue weighted by Gasteiger charge is 2.44. The summed E-state index contributed by atoms with van der Waals surface area (Å²) in [5.41, 5.74) is 2.46. The molecular formula is C32H41N7O5. The molecule has 6 rings (SSSR count). The molecule has 0 bridgehead atoms. The van der Waals surface area contributed by atoms with Crippen LogP contribution in [-0.4, -0.2) is 87.9 Å². The standard InChI is InChI=1S/C32H41N7O5/c40-28-11-10-27(30(42)35-28)39-31(43)25-9-8-22(19-26(25)32(39)44)33-14-4-1-3-7-29(41)37-17-12-23(13-18-37)38-21-24(20-34-38)36-15-5-2-6-16-36/h8-9,19-21,23,27,33H,1-7,10-18H2,(H,35,40,42). The Morgan fingerprint density at radius 1 is 0.909 bits per heavy atom. The Morgan fingerprint density at radius 2 is 1.68 bits per heavy atom. The molecule has 1 aromatic carbocycles. The van der Waals surface area contributed by atoms with Crippen LogP contribution in [0.15, 0.2) is 30.6 Å². The van der Waals surface area contributed by atoms with Gasteiger partial charge in [-0.05, 0) is 69.6 Å². The number of nitrogens with zero attached hydrogens (tertiary/aromatic N) is 5. The number of benzene rings is 1. The summed E-state index contributed by atoms with van der Waals surface area (Å²) in [6.45, 7) is 4.42. The highest BCUT2D eigenvalue weighted by Crippen LogP contribution is 2.30. The summed E-state index contributed by atoms with van der Waals surface area (Å²) in [7, 11) is 0. The van der Waals surface area contributed by atoms with E-state index in [1.165, 1.54) is 24.9 Å². The van der Waals surface area contributed by atoms with E-state index in [0.717, 1.165) is 63.2 Å². The van der Waals surface area contributed by atoms with Crippen molar-refractivity contribution in [2.24, 2.45) is 0 Å². The van der Waals surface area contributed by atoms with Crippen LogP contribution in [0.25, 0.3) is 0 Å². The van der Waals surface area contributed by atoms with Gasteiger partial charge in [-0.1, -0.05) is 6.42 Å². The maximum Gasteiger partial charge on any atom is 0.262 e. The molecule has 4 aliphatic heterocycles. The molecule has 1 atom stereocenters. The third-order valence-corrected chi connectivity index (χ3v) is 9.34. The van der Waals surface area contributed by atoms with Crippen LogP contribution in [-0.2, 0) is 14.4 Å². The number of hydrogen-bond donors (Lipinski definition) is 2. The summed E-state index contributed by atoms with van der Waals surface area (Å²) in [5.74, 6) is -1.83. The number of amides is 5. The molecule has 234 valence electrons. The van der Waals surface area contributed by atoms with Crippen molar-refractivity contribution >= 4 is 40.9 Å². The summed E-state index contributed by atoms with van der Waals surface area (Å²) in [4.78, 5) is 67.8. The zero-order chi connectivity index (χ0) is 30.6. The fourth-order valence-electron chi connectivity index (χ4n) is 6.77. The summed E-state index contributed by atoms with van der Waals surface area (Å²) in [6.07, 6.45) is 13.2. The molecule has 1 unspecified atom stereocenters. The molecule has 0 radical (unpaired) electrons. The van der Waals surface area contributed by atoms with Crippen molar-refractivity contribution in [1.82, 2.24) is 24.9 Å². The third kappa shape index (κ3) is 6.34. The van der Waals surface area contributed by atoms with Crippen molar-refractivity contribution in [3.8, 4) is 0 Å². The van der Waals surface area contributed by atoms with Gasteiger partial charge in [0, 0.05) is 57.4 Å². The van der Waals surface area contributed by atoms with Crippen LogP contribution in [0.4, 0.5) is 11.4 Å². The molecule has 4 aliphatic rings. The van der Waals surface area contributed by atoms with E-state index in [9.17, 15) is 24.0 Å². The Morgan fingerprint density at radius 3 is 2.45 bits per heavy atom. The van der Waals surface area contributed by atoms with Crippen LogP contribution in [0, 0.1) is 0 Å². The number of nitrogens with one attached hydrogen (secondary N) is 2. The highest BCUT2D eigenvalue weighted by molar-refractivity contribution is 6.23. The fraction of sp³-hybridized carbons (Fsp3) is 0.562. The maximum atomic E-state index is 13.0. The molecule has 0 saturated carbocycles. The second kappa shape index (κ2) is 13.2. The van der Waals surface area contributed by atoms with E-state index < -0.39 is 29.7 Å². The number of likely N-dealkylation sites (tertiary alicyclic amines) is 1. The first-order valence-electron chi connectivity index (χ1n) is 16.1. The van der Waals surface area contributed by atoms with Crippen molar-refractivity contribution in [1.29, 1.82) is 0 Å². The van der Waals surface area contributed by atoms with Gasteiger partial charge in [-0.2, -0.15) is 5.10 Å². The molecule has 5 heterocycles. The molecule has 0 aliphatic carbocycles. The van der Waals surface area contributed by atoms with E-state index in [1.54, 1.807) is 18.2 Å². The summed E-state index contributed by atoms with van der Waals surface area (Å²) >= 11 is 0. The summed E-state index contributed by atoms with van der Waals surface area (Å²) < 4.78 is 2.10. The topological polar surface area (TPSA) is 137 Å². The van der Waals surface area contributed by atoms with E-state index in [1.807, 2.05) is 11.1 Å². The Hall–Kier alpha value is -4.22. The normalized spacial score (nSPS) is 21.1. The minimum Gasteiger partial charge on any atom is -0.385 e. The van der Waals surface area contributed by atoms with Crippen molar-refractivity contribution in [2.45, 2.75) is 82.7 Å². The Bertz CT molecular complexity index is 1420. The predicted molar refractivity (Wildman–Crippen MR) is 163 cm³/mol. The molecule has 5 amide bonds. The molecule has 1 aromatic heterocycles. The van der Waals surface area contributed by atoms with E-state index in [4.69, 9.17) is 0 Å². The Balaban J connectivity index is 0.891. The van der Waals surface area contributed by atoms with Crippen molar-refractivity contribution in [3.05, 3.63) is 41.7 Å². The van der Waals surface area contributed by atoms with Gasteiger partial charge in [0.1, 0.15) is 6.04 Å². The van der Waals surface area contributed by atoms with Crippen LogP contribution >= 0.6 is 0 Å². The molecule has 2 N–H and O–H groups in total. The van der Waals surface area contributed by atoms with Gasteiger partial charge >= 0.3 is 0 Å². The molecule has 0 spiro atoms. The first-order chi connectivity index (χ1) is 21.4. The highest BCUT2D eigenvalue weighted by atomic mass is 16.2. The van der Waals surface area contributed by atoms with Gasteiger partial charge in [-0.3, -0.25) is 38.9 Å². The first kappa shape index (κ1) is 29.8. The van der Waals surface area contributed by atoms with E-state index in [-0.39, 0.29) is 29.9 Å². The lowest BCUT2D eigenvalue weighted by Crippen LogP contribution is -2.54. The van der Waals surface area contributed by atoms with Crippen LogP contribution in [0.1, 0.15) is 97.4 Å². The van der Waals surface area contributed by atoms with Crippen LogP contribution in [0.3, 0.4) is 0 Å². The average molecular weight is 604 g/mol. The number of aromatic nitrogens is 2. The fourth-order valence-corrected chi connectivity index (χ4v) is 6.77. The zero-order valence-electron chi connectivity index (χ0n) is 25.1.